The number of carbonyl (C=O) groups excluding carboxylic acids is 2. The Kier molecular flexibility index (Phi) is 29.2. The summed E-state index contributed by atoms with van der Waals surface area (Å²) in [5.41, 5.74) is 0. The molecule has 0 aromatic carbocycles. The number of ether oxygens (including phenoxy) is 2. The first-order valence-electron chi connectivity index (χ1n) is 18.2. The molecule has 0 aliphatic heterocycles. The molecule has 0 aromatic rings. The number of nitrogens with zero attached hydrogens (tertiary/aromatic N) is 1. The van der Waals surface area contributed by atoms with Gasteiger partial charge in [0.25, 0.3) is 0 Å². The number of allylic oxidation sites excluding steroid dienone is 6. The minimum atomic E-state index is -4.36. The summed E-state index contributed by atoms with van der Waals surface area (Å²) in [6.45, 7) is 4.20. The largest absolute Gasteiger partial charge is 0.472 e. The Morgan fingerprint density at radius 3 is 1.81 bits per heavy atom. The van der Waals surface area contributed by atoms with Gasteiger partial charge >= 0.3 is 19.8 Å². The van der Waals surface area contributed by atoms with E-state index in [2.05, 4.69) is 50.3 Å². The highest BCUT2D eigenvalue weighted by atomic mass is 31.2. The fraction of sp³-hybridized carbons (Fsp3) is 0.784. The first-order chi connectivity index (χ1) is 22.5. The number of carbonyl (C=O) groups is 2. The minimum absolute atomic E-state index is 0.0292. The van der Waals surface area contributed by atoms with Crippen molar-refractivity contribution in [3.05, 3.63) is 36.5 Å². The highest BCUT2D eigenvalue weighted by molar-refractivity contribution is 7.47. The van der Waals surface area contributed by atoms with Gasteiger partial charge in [-0.25, -0.2) is 4.57 Å². The first kappa shape index (κ1) is 45.2. The molecule has 0 bridgehead atoms. The number of unbranched alkanes of at least 4 members (excludes halogenated alkanes) is 12. The van der Waals surface area contributed by atoms with Gasteiger partial charge in [0, 0.05) is 12.8 Å². The second-order valence-electron chi connectivity index (χ2n) is 13.2. The number of rotatable bonds is 32. The molecule has 47 heavy (non-hydrogen) atoms. The molecule has 10 heteroatoms. The molecule has 0 heterocycles. The van der Waals surface area contributed by atoms with E-state index in [0.29, 0.717) is 17.4 Å². The maximum atomic E-state index is 12.6. The molecule has 274 valence electrons. The number of esters is 2. The van der Waals surface area contributed by atoms with Crippen LogP contribution in [0.1, 0.15) is 136 Å². The Morgan fingerprint density at radius 2 is 1.21 bits per heavy atom. The molecule has 0 aliphatic rings. The van der Waals surface area contributed by atoms with E-state index in [0.717, 1.165) is 70.6 Å². The van der Waals surface area contributed by atoms with Crippen molar-refractivity contribution < 1.29 is 42.1 Å². The van der Waals surface area contributed by atoms with Crippen LogP contribution in [0.5, 0.6) is 0 Å². The van der Waals surface area contributed by atoms with E-state index in [4.69, 9.17) is 18.5 Å². The average Bonchev–Trinajstić information content (AvgIpc) is 3.01. The van der Waals surface area contributed by atoms with Gasteiger partial charge in [-0.2, -0.15) is 0 Å². The third-order valence-corrected chi connectivity index (χ3v) is 8.42. The molecule has 0 aliphatic carbocycles. The van der Waals surface area contributed by atoms with Crippen molar-refractivity contribution in [1.29, 1.82) is 0 Å². The molecule has 0 amide bonds. The van der Waals surface area contributed by atoms with Crippen molar-refractivity contribution in [1.82, 2.24) is 0 Å². The summed E-state index contributed by atoms with van der Waals surface area (Å²) in [7, 11) is 1.46. The Hall–Kier alpha value is -1.77. The van der Waals surface area contributed by atoms with Crippen molar-refractivity contribution in [3.8, 4) is 0 Å². The summed E-state index contributed by atoms with van der Waals surface area (Å²) < 4.78 is 34.0. The van der Waals surface area contributed by atoms with Gasteiger partial charge in [-0.05, 0) is 44.9 Å². The van der Waals surface area contributed by atoms with Gasteiger partial charge in [0.05, 0.1) is 27.7 Å². The van der Waals surface area contributed by atoms with Crippen LogP contribution in [0.15, 0.2) is 36.5 Å². The normalized spacial score (nSPS) is 14.3. The highest BCUT2D eigenvalue weighted by Crippen LogP contribution is 2.43. The van der Waals surface area contributed by atoms with Gasteiger partial charge in [0.15, 0.2) is 6.10 Å². The van der Waals surface area contributed by atoms with Crippen LogP contribution >= 0.6 is 7.82 Å². The fourth-order valence-corrected chi connectivity index (χ4v) is 5.30. The summed E-state index contributed by atoms with van der Waals surface area (Å²) in [5.74, 6) is -0.824. The van der Waals surface area contributed by atoms with Crippen LogP contribution in [-0.2, 0) is 32.7 Å². The van der Waals surface area contributed by atoms with Crippen LogP contribution in [0.2, 0.25) is 0 Å². The second-order valence-corrected chi connectivity index (χ2v) is 14.7. The van der Waals surface area contributed by atoms with Gasteiger partial charge in [0.2, 0.25) is 0 Å². The number of likely N-dealkylation sites (N-methyl/N-ethyl adjacent to an activating group) is 1. The predicted octanol–water partition coefficient (Wildman–Crippen LogP) is 9.40. The molecule has 2 atom stereocenters. The zero-order valence-electron chi connectivity index (χ0n) is 30.5. The van der Waals surface area contributed by atoms with Crippen molar-refractivity contribution >= 4 is 19.8 Å². The van der Waals surface area contributed by atoms with Crippen LogP contribution in [0.3, 0.4) is 0 Å². The Bertz CT molecular complexity index is 913. The van der Waals surface area contributed by atoms with Crippen LogP contribution in [0.25, 0.3) is 0 Å². The van der Waals surface area contributed by atoms with Crippen LogP contribution in [-0.4, -0.2) is 74.9 Å². The summed E-state index contributed by atoms with van der Waals surface area (Å²) in [4.78, 5) is 34.9. The second kappa shape index (κ2) is 30.3. The number of phosphoric acid groups is 1. The smallest absolute Gasteiger partial charge is 0.462 e. The Morgan fingerprint density at radius 1 is 0.681 bits per heavy atom. The summed E-state index contributed by atoms with van der Waals surface area (Å²) >= 11 is 0. The third kappa shape index (κ3) is 33.9. The Balaban J connectivity index is 4.37. The maximum absolute atomic E-state index is 12.6. The molecule has 0 saturated carbocycles. The minimum Gasteiger partial charge on any atom is -0.462 e. The first-order valence-corrected chi connectivity index (χ1v) is 19.7. The van der Waals surface area contributed by atoms with E-state index in [1.165, 1.54) is 32.1 Å². The zero-order chi connectivity index (χ0) is 35.1. The number of quaternary nitrogens is 1. The molecule has 0 fully saturated rings. The van der Waals surface area contributed by atoms with Crippen molar-refractivity contribution in [2.45, 2.75) is 142 Å². The van der Waals surface area contributed by atoms with Crippen molar-refractivity contribution in [2.24, 2.45) is 0 Å². The van der Waals surface area contributed by atoms with Crippen LogP contribution < -0.4 is 0 Å². The molecule has 2 unspecified atom stereocenters. The van der Waals surface area contributed by atoms with Crippen molar-refractivity contribution in [2.75, 3.05) is 47.5 Å². The zero-order valence-corrected chi connectivity index (χ0v) is 31.4. The lowest BCUT2D eigenvalue weighted by Gasteiger charge is -2.24. The van der Waals surface area contributed by atoms with E-state index in [-0.39, 0.29) is 32.0 Å². The molecule has 0 saturated heterocycles. The molecule has 9 nitrogen and oxygen atoms in total. The lowest BCUT2D eigenvalue weighted by molar-refractivity contribution is -0.870. The van der Waals surface area contributed by atoms with E-state index in [9.17, 15) is 19.0 Å². The van der Waals surface area contributed by atoms with E-state index < -0.39 is 26.5 Å². The van der Waals surface area contributed by atoms with E-state index in [1.54, 1.807) is 0 Å². The number of hydrogen-bond acceptors (Lipinski definition) is 7. The van der Waals surface area contributed by atoms with Gasteiger partial charge in [-0.15, -0.1) is 0 Å². The van der Waals surface area contributed by atoms with Crippen LogP contribution in [0, 0.1) is 0 Å². The van der Waals surface area contributed by atoms with E-state index in [1.807, 2.05) is 21.1 Å². The monoisotopic (exact) mass is 686 g/mol. The quantitative estimate of drug-likeness (QED) is 0.0245. The molecule has 0 rings (SSSR count). The topological polar surface area (TPSA) is 108 Å². The lowest BCUT2D eigenvalue weighted by atomic mass is 10.1. The SMILES string of the molecule is CC/C=C\C/C=C\C/C=C\CCCCCCCCCC(=O)OC(COC(=O)CCCCCCCC)COP(=O)(O)OCC[N+](C)(C)C. The summed E-state index contributed by atoms with van der Waals surface area (Å²) in [6, 6.07) is 0. The summed E-state index contributed by atoms with van der Waals surface area (Å²) in [6.07, 6.45) is 30.7. The maximum Gasteiger partial charge on any atom is 0.472 e. The molecule has 0 radical (unpaired) electrons. The van der Waals surface area contributed by atoms with Gasteiger partial charge < -0.3 is 18.9 Å². The average molecular weight is 687 g/mol. The standard InChI is InChI=1S/C37H68NO8P/c1-6-8-10-12-14-15-16-17-18-19-20-21-22-23-24-26-28-30-37(40)46-35(33-43-36(39)29-27-25-13-11-9-7-2)34-45-47(41,42)44-32-31-38(3,4)5/h8,10,14-15,17-18,35H,6-7,9,11-13,16,19-34H2,1-5H3/p+1/b10-8-,15-14-,18-17-. The fourth-order valence-electron chi connectivity index (χ4n) is 4.56. The molecular weight excluding hydrogens is 617 g/mol. The molecule has 0 spiro atoms. The molecule has 0 aromatic heterocycles. The van der Waals surface area contributed by atoms with Crippen LogP contribution in [0.4, 0.5) is 0 Å². The van der Waals surface area contributed by atoms with Crippen molar-refractivity contribution in [3.63, 3.8) is 0 Å². The lowest BCUT2D eigenvalue weighted by Crippen LogP contribution is -2.37. The third-order valence-electron chi connectivity index (χ3n) is 7.43. The summed E-state index contributed by atoms with van der Waals surface area (Å²) in [5, 5.41) is 0. The predicted molar refractivity (Wildman–Crippen MR) is 192 cm³/mol. The Labute approximate surface area is 287 Å². The molecule has 1 N–H and O–H groups in total. The van der Waals surface area contributed by atoms with Gasteiger partial charge in [0.1, 0.15) is 19.8 Å². The number of phosphoric ester groups is 1. The number of hydrogen-bond donors (Lipinski definition) is 1. The van der Waals surface area contributed by atoms with Gasteiger partial charge in [-0.3, -0.25) is 18.6 Å². The molecular formula is C37H69NO8P+. The van der Waals surface area contributed by atoms with Gasteiger partial charge in [-0.1, -0.05) is 115 Å². The highest BCUT2D eigenvalue weighted by Gasteiger charge is 2.27. The van der Waals surface area contributed by atoms with E-state index >= 15 is 0 Å².